The van der Waals surface area contributed by atoms with E-state index in [0.29, 0.717) is 17.3 Å². The molecular weight excluding hydrogens is 250 g/mol. The van der Waals surface area contributed by atoms with Crippen molar-refractivity contribution < 1.29 is 4.79 Å². The van der Waals surface area contributed by atoms with Crippen molar-refractivity contribution in [3.63, 3.8) is 0 Å². The number of pyridine rings is 1. The van der Waals surface area contributed by atoms with E-state index >= 15 is 0 Å². The Morgan fingerprint density at radius 2 is 2.06 bits per heavy atom. The summed E-state index contributed by atoms with van der Waals surface area (Å²) in [5.41, 5.74) is 1.18. The Morgan fingerprint density at radius 1 is 1.44 bits per heavy atom. The van der Waals surface area contributed by atoms with Gasteiger partial charge < -0.3 is 10.2 Å². The van der Waals surface area contributed by atoms with Gasteiger partial charge in [0.05, 0.1) is 0 Å². The summed E-state index contributed by atoms with van der Waals surface area (Å²) >= 11 is 5.84. The van der Waals surface area contributed by atoms with Gasteiger partial charge in [-0.3, -0.25) is 4.79 Å². The van der Waals surface area contributed by atoms with Gasteiger partial charge in [0.25, 0.3) is 5.91 Å². The quantitative estimate of drug-likeness (QED) is 0.852. The topological polar surface area (TPSA) is 45.2 Å². The molecule has 0 atom stereocenters. The number of aryl methyl sites for hydroxylation is 1. The number of halogens is 1. The molecule has 0 saturated carbocycles. The summed E-state index contributed by atoms with van der Waals surface area (Å²) in [5, 5.41) is 3.25. The van der Waals surface area contributed by atoms with E-state index in [0.717, 1.165) is 5.69 Å². The standard InChI is InChI=1S/C13H20ClN3O/c1-9-6-10(7-11(14)16-9)12(18)15-8-13(2,3)17(4)5/h6-7H,8H2,1-5H3,(H,15,18). The van der Waals surface area contributed by atoms with E-state index < -0.39 is 0 Å². The largest absolute Gasteiger partial charge is 0.350 e. The van der Waals surface area contributed by atoms with Gasteiger partial charge in [-0.2, -0.15) is 0 Å². The lowest BCUT2D eigenvalue weighted by Crippen LogP contribution is -2.48. The van der Waals surface area contributed by atoms with Crippen LogP contribution in [0.3, 0.4) is 0 Å². The van der Waals surface area contributed by atoms with E-state index in [9.17, 15) is 4.79 Å². The third-order valence-corrected chi connectivity index (χ3v) is 3.27. The van der Waals surface area contributed by atoms with Gasteiger partial charge in [0.1, 0.15) is 5.15 Å². The Morgan fingerprint density at radius 3 is 2.56 bits per heavy atom. The number of amides is 1. The highest BCUT2D eigenvalue weighted by molar-refractivity contribution is 6.29. The normalized spacial score (nSPS) is 11.7. The molecule has 0 aliphatic rings. The molecule has 1 amide bonds. The van der Waals surface area contributed by atoms with Crippen molar-refractivity contribution in [2.45, 2.75) is 26.3 Å². The molecule has 0 saturated heterocycles. The fraction of sp³-hybridized carbons (Fsp3) is 0.538. The number of hydrogen-bond donors (Lipinski definition) is 1. The van der Waals surface area contributed by atoms with Crippen LogP contribution >= 0.6 is 11.6 Å². The van der Waals surface area contributed by atoms with Crippen molar-refractivity contribution in [1.82, 2.24) is 15.2 Å². The average molecular weight is 270 g/mol. The first kappa shape index (κ1) is 14.9. The molecule has 4 nitrogen and oxygen atoms in total. The number of nitrogens with zero attached hydrogens (tertiary/aromatic N) is 2. The third-order valence-electron chi connectivity index (χ3n) is 3.08. The van der Waals surface area contributed by atoms with E-state index in [1.54, 1.807) is 12.1 Å². The lowest BCUT2D eigenvalue weighted by atomic mass is 10.0. The van der Waals surface area contributed by atoms with E-state index in [1.807, 2.05) is 21.0 Å². The monoisotopic (exact) mass is 269 g/mol. The van der Waals surface area contributed by atoms with Crippen LogP contribution < -0.4 is 5.32 Å². The molecule has 1 aromatic heterocycles. The molecule has 18 heavy (non-hydrogen) atoms. The molecule has 100 valence electrons. The van der Waals surface area contributed by atoms with Crippen molar-refractivity contribution in [3.8, 4) is 0 Å². The van der Waals surface area contributed by atoms with E-state index in [-0.39, 0.29) is 11.4 Å². The van der Waals surface area contributed by atoms with Gasteiger partial charge in [0, 0.05) is 23.3 Å². The third kappa shape index (κ3) is 3.96. The number of hydrogen-bond acceptors (Lipinski definition) is 3. The maximum absolute atomic E-state index is 12.0. The summed E-state index contributed by atoms with van der Waals surface area (Å²) in [6.45, 7) is 6.51. The summed E-state index contributed by atoms with van der Waals surface area (Å²) in [5.74, 6) is -0.127. The van der Waals surface area contributed by atoms with Crippen molar-refractivity contribution in [2.24, 2.45) is 0 Å². The predicted octanol–water partition coefficient (Wildman–Crippen LogP) is 2.11. The Bertz CT molecular complexity index is 424. The van der Waals surface area contributed by atoms with Crippen LogP contribution in [0.5, 0.6) is 0 Å². The second-order valence-corrected chi connectivity index (χ2v) is 5.60. The molecular formula is C13H20ClN3O. The van der Waals surface area contributed by atoms with Crippen LogP contribution in [0.15, 0.2) is 12.1 Å². The van der Waals surface area contributed by atoms with Crippen molar-refractivity contribution >= 4 is 17.5 Å². The minimum atomic E-state index is -0.127. The molecule has 1 N–H and O–H groups in total. The molecule has 0 aliphatic heterocycles. The Kier molecular flexibility index (Phi) is 4.71. The Balaban J connectivity index is 2.72. The Hall–Kier alpha value is -1.13. The SMILES string of the molecule is Cc1cc(C(=O)NCC(C)(C)N(C)C)cc(Cl)n1. The van der Waals surface area contributed by atoms with Crippen LogP contribution in [0.25, 0.3) is 0 Å². The second kappa shape index (κ2) is 5.67. The van der Waals surface area contributed by atoms with E-state index in [1.165, 1.54) is 0 Å². The fourth-order valence-electron chi connectivity index (χ4n) is 1.32. The molecule has 0 unspecified atom stereocenters. The lowest BCUT2D eigenvalue weighted by molar-refractivity contribution is 0.0919. The van der Waals surface area contributed by atoms with Crippen LogP contribution in [-0.4, -0.2) is 42.0 Å². The van der Waals surface area contributed by atoms with Gasteiger partial charge >= 0.3 is 0 Å². The zero-order chi connectivity index (χ0) is 13.9. The van der Waals surface area contributed by atoms with Crippen LogP contribution in [0, 0.1) is 6.92 Å². The Labute approximate surface area is 113 Å². The maximum Gasteiger partial charge on any atom is 0.251 e. The van der Waals surface area contributed by atoms with Crippen LogP contribution in [-0.2, 0) is 0 Å². The maximum atomic E-state index is 12.0. The minimum absolute atomic E-state index is 0.0957. The average Bonchev–Trinajstić information content (AvgIpc) is 2.24. The zero-order valence-corrected chi connectivity index (χ0v) is 12.3. The first-order chi connectivity index (χ1) is 8.22. The van der Waals surface area contributed by atoms with Crippen LogP contribution in [0.1, 0.15) is 29.9 Å². The smallest absolute Gasteiger partial charge is 0.251 e. The summed E-state index contributed by atoms with van der Waals surface area (Å²) in [7, 11) is 3.97. The molecule has 0 bridgehead atoms. The van der Waals surface area contributed by atoms with Crippen molar-refractivity contribution in [2.75, 3.05) is 20.6 Å². The van der Waals surface area contributed by atoms with Crippen LogP contribution in [0.4, 0.5) is 0 Å². The number of rotatable bonds is 4. The molecule has 1 heterocycles. The molecule has 5 heteroatoms. The second-order valence-electron chi connectivity index (χ2n) is 5.21. The first-order valence-corrected chi connectivity index (χ1v) is 6.20. The van der Waals surface area contributed by atoms with Gasteiger partial charge in [0.15, 0.2) is 0 Å². The van der Waals surface area contributed by atoms with Gasteiger partial charge in [0.2, 0.25) is 0 Å². The summed E-state index contributed by atoms with van der Waals surface area (Å²) in [4.78, 5) is 18.1. The number of carbonyl (C=O) groups excluding carboxylic acids is 1. The summed E-state index contributed by atoms with van der Waals surface area (Å²) < 4.78 is 0. The van der Waals surface area contributed by atoms with Crippen molar-refractivity contribution in [3.05, 3.63) is 28.5 Å². The number of carbonyl (C=O) groups is 1. The molecule has 0 fully saturated rings. The summed E-state index contributed by atoms with van der Waals surface area (Å²) in [6, 6.07) is 3.30. The van der Waals surface area contributed by atoms with E-state index in [4.69, 9.17) is 11.6 Å². The molecule has 0 aromatic carbocycles. The van der Waals surface area contributed by atoms with E-state index in [2.05, 4.69) is 29.0 Å². The van der Waals surface area contributed by atoms with Crippen molar-refractivity contribution in [1.29, 1.82) is 0 Å². The molecule has 1 aromatic rings. The predicted molar refractivity (Wildman–Crippen MR) is 74.1 cm³/mol. The lowest BCUT2D eigenvalue weighted by Gasteiger charge is -2.32. The highest BCUT2D eigenvalue weighted by atomic mass is 35.5. The molecule has 0 spiro atoms. The summed E-state index contributed by atoms with van der Waals surface area (Å²) in [6.07, 6.45) is 0. The molecule has 1 rings (SSSR count). The number of likely N-dealkylation sites (N-methyl/N-ethyl adjacent to an activating group) is 1. The van der Waals surface area contributed by atoms with Gasteiger partial charge in [-0.1, -0.05) is 11.6 Å². The highest BCUT2D eigenvalue weighted by Gasteiger charge is 2.21. The zero-order valence-electron chi connectivity index (χ0n) is 11.5. The highest BCUT2D eigenvalue weighted by Crippen LogP contribution is 2.12. The molecule has 0 aliphatic carbocycles. The first-order valence-electron chi connectivity index (χ1n) is 5.82. The van der Waals surface area contributed by atoms with Gasteiger partial charge in [-0.25, -0.2) is 4.98 Å². The van der Waals surface area contributed by atoms with Gasteiger partial charge in [-0.15, -0.1) is 0 Å². The number of nitrogens with one attached hydrogen (secondary N) is 1. The molecule has 0 radical (unpaired) electrons. The van der Waals surface area contributed by atoms with Crippen LogP contribution in [0.2, 0.25) is 5.15 Å². The fourth-order valence-corrected chi connectivity index (χ4v) is 1.57. The van der Waals surface area contributed by atoms with Gasteiger partial charge in [-0.05, 0) is 47.0 Å². The minimum Gasteiger partial charge on any atom is -0.350 e. The number of aromatic nitrogens is 1.